The number of aromatic nitrogens is 4. The minimum Gasteiger partial charge on any atom is -0.371 e. The van der Waals surface area contributed by atoms with Crippen LogP contribution < -0.4 is 10.6 Å². The number of pyridine rings is 1. The van der Waals surface area contributed by atoms with Crippen LogP contribution >= 0.6 is 0 Å². The fraction of sp³-hybridized carbons (Fsp3) is 0.455. The van der Waals surface area contributed by atoms with E-state index in [2.05, 4.69) is 32.7 Å². The van der Waals surface area contributed by atoms with Crippen molar-refractivity contribution >= 4 is 28.7 Å². The van der Waals surface area contributed by atoms with Crippen LogP contribution in [0.3, 0.4) is 0 Å². The van der Waals surface area contributed by atoms with Crippen LogP contribution in [0.2, 0.25) is 0 Å². The summed E-state index contributed by atoms with van der Waals surface area (Å²) in [6, 6.07) is 6.06. The Morgan fingerprint density at radius 1 is 1.23 bits per heavy atom. The Balaban J connectivity index is 1.64. The van der Waals surface area contributed by atoms with E-state index in [1.165, 1.54) is 6.42 Å². The lowest BCUT2D eigenvalue weighted by molar-refractivity contribution is 0.399. The second-order valence-electron chi connectivity index (χ2n) is 8.21. The lowest BCUT2D eigenvalue weighted by Crippen LogP contribution is -2.20. The van der Waals surface area contributed by atoms with Crippen LogP contribution in [-0.2, 0) is 0 Å². The van der Waals surface area contributed by atoms with Gasteiger partial charge in [-0.15, -0.1) is 5.10 Å². The molecular formula is C22H30N8. The Bertz CT molecular complexity index is 1080. The number of nitrogens with zero attached hydrogens (tertiary/aromatic N) is 6. The molecule has 3 aromatic heterocycles. The molecular weight excluding hydrogens is 376 g/mol. The van der Waals surface area contributed by atoms with Gasteiger partial charge in [-0.2, -0.15) is 4.98 Å². The van der Waals surface area contributed by atoms with Crippen LogP contribution in [0.25, 0.3) is 16.8 Å². The van der Waals surface area contributed by atoms with Gasteiger partial charge in [-0.3, -0.25) is 9.98 Å². The molecule has 1 saturated heterocycles. The van der Waals surface area contributed by atoms with Gasteiger partial charge < -0.3 is 15.5 Å². The molecule has 0 amide bonds. The van der Waals surface area contributed by atoms with Crippen molar-refractivity contribution in [1.82, 2.24) is 24.5 Å². The molecule has 0 aliphatic carbocycles. The van der Waals surface area contributed by atoms with Gasteiger partial charge in [0.15, 0.2) is 5.82 Å². The minimum absolute atomic E-state index is 0.632. The molecule has 30 heavy (non-hydrogen) atoms. The molecule has 1 aliphatic heterocycles. The molecule has 1 fully saturated rings. The van der Waals surface area contributed by atoms with E-state index < -0.39 is 0 Å². The summed E-state index contributed by atoms with van der Waals surface area (Å²) in [5.41, 5.74) is 5.61. The average molecular weight is 407 g/mol. The lowest BCUT2D eigenvalue weighted by Gasteiger charge is -2.13. The van der Waals surface area contributed by atoms with Gasteiger partial charge >= 0.3 is 0 Å². The standard InChI is InChI=1S/C22H30N8/c1-14(2)25-18-6-7-19(26-15(18)3)17-9-11-30-20(17)21(23-4)27-22(28-30)24-12-16-8-10-29(5)13-16/h6-7,9,11,16H,8,10,12-13H2,1-5H3,(H2,23,24,27,28). The van der Waals surface area contributed by atoms with Crippen molar-refractivity contribution in [1.29, 1.82) is 0 Å². The first-order valence-corrected chi connectivity index (χ1v) is 10.4. The molecule has 4 heterocycles. The first-order valence-electron chi connectivity index (χ1n) is 10.4. The molecule has 4 rings (SSSR count). The zero-order chi connectivity index (χ0) is 21.3. The maximum atomic E-state index is 4.79. The molecule has 8 nitrogen and oxygen atoms in total. The first-order chi connectivity index (χ1) is 14.4. The number of aryl methyl sites for hydroxylation is 1. The predicted molar refractivity (Wildman–Crippen MR) is 123 cm³/mol. The van der Waals surface area contributed by atoms with Gasteiger partial charge in [-0.05, 0) is 64.9 Å². The van der Waals surface area contributed by atoms with Crippen molar-refractivity contribution in [3.05, 3.63) is 30.1 Å². The fourth-order valence-electron chi connectivity index (χ4n) is 3.97. The molecule has 1 aliphatic rings. The molecule has 1 atom stereocenters. The lowest BCUT2D eigenvalue weighted by atomic mass is 10.1. The smallest absolute Gasteiger partial charge is 0.243 e. The van der Waals surface area contributed by atoms with E-state index in [9.17, 15) is 0 Å². The second kappa shape index (κ2) is 8.39. The van der Waals surface area contributed by atoms with Gasteiger partial charge in [0.25, 0.3) is 0 Å². The highest BCUT2D eigenvalue weighted by atomic mass is 15.3. The van der Waals surface area contributed by atoms with Crippen molar-refractivity contribution in [2.45, 2.75) is 27.2 Å². The third-order valence-electron chi connectivity index (χ3n) is 5.46. The van der Waals surface area contributed by atoms with Crippen LogP contribution in [0, 0.1) is 12.8 Å². The minimum atomic E-state index is 0.632. The fourth-order valence-corrected chi connectivity index (χ4v) is 3.97. The highest BCUT2D eigenvalue weighted by molar-refractivity contribution is 5.88. The molecule has 1 unspecified atom stereocenters. The molecule has 0 spiro atoms. The van der Waals surface area contributed by atoms with Gasteiger partial charge in [-0.25, -0.2) is 4.52 Å². The molecule has 0 saturated carbocycles. The second-order valence-corrected chi connectivity index (χ2v) is 8.21. The normalized spacial score (nSPS) is 16.8. The topological polar surface area (TPSA) is 82.7 Å². The van der Waals surface area contributed by atoms with E-state index in [0.29, 0.717) is 11.9 Å². The van der Waals surface area contributed by atoms with Crippen LogP contribution in [-0.4, -0.2) is 63.9 Å². The maximum absolute atomic E-state index is 4.79. The van der Waals surface area contributed by atoms with Gasteiger partial charge in [0, 0.05) is 37.6 Å². The molecule has 0 bridgehead atoms. The highest BCUT2D eigenvalue weighted by Gasteiger charge is 2.20. The molecule has 0 radical (unpaired) electrons. The summed E-state index contributed by atoms with van der Waals surface area (Å²) >= 11 is 0. The van der Waals surface area contributed by atoms with Crippen molar-refractivity contribution in [2.24, 2.45) is 10.9 Å². The number of hydrogen-bond donors (Lipinski definition) is 2. The Kier molecular flexibility index (Phi) is 5.67. The molecule has 0 aromatic carbocycles. The van der Waals surface area contributed by atoms with Crippen LogP contribution in [0.15, 0.2) is 29.4 Å². The Morgan fingerprint density at radius 2 is 2.07 bits per heavy atom. The number of nitrogens with one attached hydrogen (secondary N) is 2. The summed E-state index contributed by atoms with van der Waals surface area (Å²) in [5.74, 6) is 2.05. The maximum Gasteiger partial charge on any atom is 0.243 e. The van der Waals surface area contributed by atoms with Gasteiger partial charge in [-0.1, -0.05) is 0 Å². The number of fused-ring (bicyclic) bond motifs is 1. The molecule has 3 aromatic rings. The zero-order valence-electron chi connectivity index (χ0n) is 18.4. The average Bonchev–Trinajstić information content (AvgIpc) is 3.33. The van der Waals surface area contributed by atoms with Gasteiger partial charge in [0.2, 0.25) is 5.95 Å². The summed E-state index contributed by atoms with van der Waals surface area (Å²) in [6.07, 6.45) is 3.17. The van der Waals surface area contributed by atoms with E-state index in [1.807, 2.05) is 56.7 Å². The van der Waals surface area contributed by atoms with Crippen LogP contribution in [0.4, 0.5) is 17.5 Å². The number of aliphatic imine (C=N–C) groups is 1. The summed E-state index contributed by atoms with van der Waals surface area (Å²) in [7, 11) is 4.05. The van der Waals surface area contributed by atoms with Crippen molar-refractivity contribution in [3.8, 4) is 11.3 Å². The molecule has 2 N–H and O–H groups in total. The summed E-state index contributed by atoms with van der Waals surface area (Å²) in [6.45, 7) is 9.12. The van der Waals surface area contributed by atoms with Crippen molar-refractivity contribution in [2.75, 3.05) is 44.4 Å². The third-order valence-corrected chi connectivity index (χ3v) is 5.46. The number of rotatable bonds is 6. The summed E-state index contributed by atoms with van der Waals surface area (Å²) < 4.78 is 1.87. The van der Waals surface area contributed by atoms with Crippen LogP contribution in [0.1, 0.15) is 26.0 Å². The molecule has 158 valence electrons. The summed E-state index contributed by atoms with van der Waals surface area (Å²) in [5, 5.41) is 11.3. The van der Waals surface area contributed by atoms with E-state index >= 15 is 0 Å². The number of anilines is 2. The van der Waals surface area contributed by atoms with Gasteiger partial charge in [0.1, 0.15) is 5.52 Å². The van der Waals surface area contributed by atoms with Gasteiger partial charge in [0.05, 0.1) is 17.1 Å². The molecule has 8 heteroatoms. The Morgan fingerprint density at radius 3 is 2.73 bits per heavy atom. The Hall–Kier alpha value is -3.00. The SMILES string of the molecule is CNc1nc(NCC2CCN(C)C2)nn2ccc(-c3ccc(N=C(C)C)c(C)n3)c12. The number of likely N-dealkylation sites (tertiary alicyclic amines) is 1. The van der Waals surface area contributed by atoms with Crippen molar-refractivity contribution < 1.29 is 0 Å². The third kappa shape index (κ3) is 4.14. The Labute approximate surface area is 177 Å². The zero-order valence-corrected chi connectivity index (χ0v) is 18.4. The van der Waals surface area contributed by atoms with Crippen LogP contribution in [0.5, 0.6) is 0 Å². The highest BCUT2D eigenvalue weighted by Crippen LogP contribution is 2.31. The summed E-state index contributed by atoms with van der Waals surface area (Å²) in [4.78, 5) is 16.4. The monoisotopic (exact) mass is 406 g/mol. The van der Waals surface area contributed by atoms with E-state index in [1.54, 1.807) is 0 Å². The number of hydrogen-bond acceptors (Lipinski definition) is 7. The largest absolute Gasteiger partial charge is 0.371 e. The first kappa shape index (κ1) is 20.3. The van der Waals surface area contributed by atoms with E-state index in [0.717, 1.165) is 59.3 Å². The van der Waals surface area contributed by atoms with E-state index in [4.69, 9.17) is 9.97 Å². The van der Waals surface area contributed by atoms with Crippen molar-refractivity contribution in [3.63, 3.8) is 0 Å². The quantitative estimate of drug-likeness (QED) is 0.609. The predicted octanol–water partition coefficient (Wildman–Crippen LogP) is 3.62. The van der Waals surface area contributed by atoms with E-state index in [-0.39, 0.29) is 0 Å².